The van der Waals surface area contributed by atoms with E-state index in [9.17, 15) is 19.2 Å². The Morgan fingerprint density at radius 3 is 2.42 bits per heavy atom. The smallest absolute Gasteiger partial charge is 0.274 e. The van der Waals surface area contributed by atoms with Crippen LogP contribution in [0.25, 0.3) is 0 Å². The largest absolute Gasteiger partial charge is 0.382 e. The molecule has 1 aromatic rings. The van der Waals surface area contributed by atoms with Gasteiger partial charge in [0.2, 0.25) is 11.8 Å². The fourth-order valence-electron chi connectivity index (χ4n) is 2.91. The summed E-state index contributed by atoms with van der Waals surface area (Å²) in [6.07, 6.45) is 0.455. The molecule has 3 atom stereocenters. The number of epoxide rings is 1. The lowest BCUT2D eigenvalue weighted by atomic mass is 9.93. The minimum atomic E-state index is -1.05. The molecule has 172 valence electrons. The first kappa shape index (κ1) is 24.5. The summed E-state index contributed by atoms with van der Waals surface area (Å²) in [7, 11) is 1.38. The Hall–Kier alpha value is -2.79. The van der Waals surface area contributed by atoms with Crippen LogP contribution < -0.4 is 16.0 Å². The molecule has 3 N–H and O–H groups in total. The lowest BCUT2D eigenvalue weighted by Crippen LogP contribution is -2.53. The maximum atomic E-state index is 12.6. The van der Waals surface area contributed by atoms with E-state index in [1.165, 1.54) is 13.2 Å². The van der Waals surface area contributed by atoms with Gasteiger partial charge in [0, 0.05) is 13.2 Å². The van der Waals surface area contributed by atoms with Gasteiger partial charge in [0.1, 0.15) is 17.4 Å². The molecule has 0 aliphatic carbocycles. The van der Waals surface area contributed by atoms with Crippen molar-refractivity contribution in [3.63, 3.8) is 0 Å². The van der Waals surface area contributed by atoms with Gasteiger partial charge in [-0.2, -0.15) is 0 Å². The number of ether oxygens (including phenoxy) is 2. The summed E-state index contributed by atoms with van der Waals surface area (Å²) in [5.74, 6) is -1.31. The normalized spacial score (nSPS) is 19.4. The topological polar surface area (TPSA) is 152 Å². The predicted octanol–water partition coefficient (Wildman–Crippen LogP) is -0.267. The van der Waals surface area contributed by atoms with Gasteiger partial charge >= 0.3 is 0 Å². The van der Waals surface area contributed by atoms with Crippen molar-refractivity contribution in [2.75, 3.05) is 26.9 Å². The van der Waals surface area contributed by atoms with Gasteiger partial charge in [0.15, 0.2) is 11.5 Å². The Kier molecular flexibility index (Phi) is 8.28. The second kappa shape index (κ2) is 10.5. The van der Waals surface area contributed by atoms with E-state index in [-0.39, 0.29) is 30.5 Å². The number of aromatic nitrogens is 1. The summed E-state index contributed by atoms with van der Waals surface area (Å²) in [6.45, 7) is 7.06. The molecular weight excluding hydrogens is 408 g/mol. The van der Waals surface area contributed by atoms with Gasteiger partial charge in [-0.3, -0.25) is 19.2 Å². The molecule has 2 rings (SSSR count). The molecule has 1 saturated heterocycles. The third kappa shape index (κ3) is 7.14. The van der Waals surface area contributed by atoms with Crippen LogP contribution in [0, 0.1) is 12.8 Å². The number of carbonyl (C=O) groups is 4. The summed E-state index contributed by atoms with van der Waals surface area (Å²) >= 11 is 0. The van der Waals surface area contributed by atoms with E-state index in [1.807, 2.05) is 13.8 Å². The Morgan fingerprint density at radius 2 is 1.90 bits per heavy atom. The van der Waals surface area contributed by atoms with Crippen molar-refractivity contribution in [2.24, 2.45) is 5.92 Å². The highest BCUT2D eigenvalue weighted by molar-refractivity contribution is 5.98. The molecule has 31 heavy (non-hydrogen) atoms. The van der Waals surface area contributed by atoms with Crippen molar-refractivity contribution in [3.05, 3.63) is 17.5 Å². The van der Waals surface area contributed by atoms with Crippen LogP contribution in [-0.4, -0.2) is 73.2 Å². The van der Waals surface area contributed by atoms with Crippen LogP contribution in [0.15, 0.2) is 10.6 Å². The molecule has 11 nitrogen and oxygen atoms in total. The lowest BCUT2D eigenvalue weighted by molar-refractivity contribution is -0.131. The zero-order valence-corrected chi connectivity index (χ0v) is 18.4. The van der Waals surface area contributed by atoms with Gasteiger partial charge in [-0.1, -0.05) is 19.0 Å². The fourth-order valence-corrected chi connectivity index (χ4v) is 2.91. The zero-order chi connectivity index (χ0) is 23.2. The number of methoxy groups -OCH3 is 1. The monoisotopic (exact) mass is 438 g/mol. The second-order valence-electron chi connectivity index (χ2n) is 8.16. The maximum Gasteiger partial charge on any atom is 0.274 e. The fraction of sp³-hybridized carbons (Fsp3) is 0.650. The Morgan fingerprint density at radius 1 is 1.23 bits per heavy atom. The van der Waals surface area contributed by atoms with Gasteiger partial charge in [0.25, 0.3) is 5.91 Å². The molecule has 0 aromatic carbocycles. The van der Waals surface area contributed by atoms with Crippen molar-refractivity contribution < 1.29 is 33.2 Å². The quantitative estimate of drug-likeness (QED) is 0.377. The SMILES string of the molecule is COC[C@H](NC(=O)c1cc(C)on1)C(=O)NCC(=O)N[C@@H](CC(C)C)C(=O)C1(C)CO1. The molecule has 1 unspecified atom stereocenters. The molecule has 0 spiro atoms. The number of aryl methyl sites for hydroxylation is 1. The van der Waals surface area contributed by atoms with E-state index in [4.69, 9.17) is 14.0 Å². The van der Waals surface area contributed by atoms with E-state index in [0.29, 0.717) is 18.8 Å². The maximum absolute atomic E-state index is 12.6. The number of amides is 3. The summed E-state index contributed by atoms with van der Waals surface area (Å²) < 4.78 is 15.0. The number of nitrogens with one attached hydrogen (secondary N) is 3. The number of Topliss-reactive ketones (excluding diaryl/α,β-unsaturated/α-hetero) is 1. The average Bonchev–Trinajstić information content (AvgIpc) is 3.30. The van der Waals surface area contributed by atoms with Crippen molar-refractivity contribution in [1.82, 2.24) is 21.1 Å². The number of carbonyl (C=O) groups excluding carboxylic acids is 4. The van der Waals surface area contributed by atoms with Gasteiger partial charge in [-0.15, -0.1) is 0 Å². The summed E-state index contributed by atoms with van der Waals surface area (Å²) in [4.78, 5) is 49.6. The van der Waals surface area contributed by atoms with Gasteiger partial charge in [-0.05, 0) is 26.2 Å². The van der Waals surface area contributed by atoms with Crippen molar-refractivity contribution in [3.8, 4) is 0 Å². The van der Waals surface area contributed by atoms with Crippen LogP contribution >= 0.6 is 0 Å². The van der Waals surface area contributed by atoms with Crippen LogP contribution in [0.4, 0.5) is 0 Å². The minimum absolute atomic E-state index is 0.0231. The zero-order valence-electron chi connectivity index (χ0n) is 18.4. The summed E-state index contributed by atoms with van der Waals surface area (Å²) in [5, 5.41) is 11.2. The van der Waals surface area contributed by atoms with Crippen molar-refractivity contribution >= 4 is 23.5 Å². The molecule has 0 saturated carbocycles. The van der Waals surface area contributed by atoms with E-state index >= 15 is 0 Å². The lowest BCUT2D eigenvalue weighted by Gasteiger charge is -2.22. The molecular formula is C20H30N4O7. The number of rotatable bonds is 12. The second-order valence-corrected chi connectivity index (χ2v) is 8.16. The van der Waals surface area contributed by atoms with E-state index in [0.717, 1.165) is 0 Å². The number of hydrogen-bond acceptors (Lipinski definition) is 8. The molecule has 1 aromatic heterocycles. The van der Waals surface area contributed by atoms with Crippen LogP contribution in [0.3, 0.4) is 0 Å². The number of ketones is 1. The molecule has 1 fully saturated rings. The molecule has 2 heterocycles. The number of nitrogens with zero attached hydrogens (tertiary/aromatic N) is 1. The van der Waals surface area contributed by atoms with Crippen LogP contribution in [0.1, 0.15) is 43.4 Å². The molecule has 3 amide bonds. The average molecular weight is 438 g/mol. The summed E-state index contributed by atoms with van der Waals surface area (Å²) in [5.41, 5.74) is -0.835. The van der Waals surface area contributed by atoms with Crippen molar-refractivity contribution in [2.45, 2.75) is 51.8 Å². The predicted molar refractivity (Wildman–Crippen MR) is 108 cm³/mol. The van der Waals surface area contributed by atoms with Crippen LogP contribution in [0.5, 0.6) is 0 Å². The highest BCUT2D eigenvalue weighted by Gasteiger charge is 2.50. The summed E-state index contributed by atoms with van der Waals surface area (Å²) in [6, 6.07) is -0.323. The molecule has 0 radical (unpaired) electrons. The number of hydrogen-bond donors (Lipinski definition) is 3. The Labute approximate surface area is 180 Å². The van der Waals surface area contributed by atoms with Gasteiger partial charge in [-0.25, -0.2) is 0 Å². The molecule has 1 aliphatic rings. The standard InChI is InChI=1S/C20H30N4O7/c1-11(2)6-13(17(26)20(4)10-30-20)22-16(25)8-21-18(27)15(9-29-5)23-19(28)14-7-12(3)31-24-14/h7,11,13,15H,6,8-10H2,1-5H3,(H,21,27)(H,22,25)(H,23,28)/t13-,15-,20?/m0/s1. The third-order valence-electron chi connectivity index (χ3n) is 4.70. The van der Waals surface area contributed by atoms with Crippen LogP contribution in [-0.2, 0) is 23.9 Å². The molecule has 0 bridgehead atoms. The van der Waals surface area contributed by atoms with Crippen LogP contribution in [0.2, 0.25) is 0 Å². The van der Waals surface area contributed by atoms with E-state index in [1.54, 1.807) is 13.8 Å². The van der Waals surface area contributed by atoms with E-state index < -0.39 is 35.4 Å². The Balaban J connectivity index is 1.90. The first-order valence-electron chi connectivity index (χ1n) is 10.0. The van der Waals surface area contributed by atoms with Crippen molar-refractivity contribution in [1.29, 1.82) is 0 Å². The first-order chi connectivity index (χ1) is 14.6. The molecule has 1 aliphatic heterocycles. The minimum Gasteiger partial charge on any atom is -0.382 e. The third-order valence-corrected chi connectivity index (χ3v) is 4.70. The van der Waals surface area contributed by atoms with Gasteiger partial charge < -0.3 is 29.9 Å². The first-order valence-corrected chi connectivity index (χ1v) is 10.0. The Bertz CT molecular complexity index is 816. The highest BCUT2D eigenvalue weighted by atomic mass is 16.6. The molecule has 11 heteroatoms. The van der Waals surface area contributed by atoms with E-state index in [2.05, 4.69) is 21.1 Å². The highest BCUT2D eigenvalue weighted by Crippen LogP contribution is 2.29. The van der Waals surface area contributed by atoms with Gasteiger partial charge in [0.05, 0.1) is 25.8 Å².